The van der Waals surface area contributed by atoms with Gasteiger partial charge in [-0.15, -0.1) is 0 Å². The maximum absolute atomic E-state index is 11.5. The molecule has 1 heterocycles. The number of carboxylic acids is 1. The summed E-state index contributed by atoms with van der Waals surface area (Å²) in [5.74, 6) is -1.03. The fraction of sp³-hybridized carbons (Fsp3) is 0.833. The van der Waals surface area contributed by atoms with E-state index in [-0.39, 0.29) is 12.1 Å². The van der Waals surface area contributed by atoms with Gasteiger partial charge < -0.3 is 20.6 Å². The topological polar surface area (TPSA) is 81.7 Å². The zero-order valence-corrected chi connectivity index (χ0v) is 11.1. The Balaban J connectivity index is 2.24. The number of carbonyl (C=O) groups is 2. The lowest BCUT2D eigenvalue weighted by atomic mass is 10.1. The van der Waals surface area contributed by atoms with E-state index < -0.39 is 12.0 Å². The molecule has 0 radical (unpaired) electrons. The van der Waals surface area contributed by atoms with Gasteiger partial charge in [0.05, 0.1) is 0 Å². The lowest BCUT2D eigenvalue weighted by molar-refractivity contribution is -0.138. The quantitative estimate of drug-likeness (QED) is 0.675. The highest BCUT2D eigenvalue weighted by atomic mass is 16.4. The minimum Gasteiger partial charge on any atom is -0.480 e. The Hall–Kier alpha value is -1.30. The number of nitrogens with zero attached hydrogens (tertiary/aromatic N) is 1. The Morgan fingerprint density at radius 1 is 1.39 bits per heavy atom. The van der Waals surface area contributed by atoms with Crippen LogP contribution < -0.4 is 10.6 Å². The molecule has 3 N–H and O–H groups in total. The van der Waals surface area contributed by atoms with Gasteiger partial charge in [0.1, 0.15) is 6.04 Å². The van der Waals surface area contributed by atoms with Crippen LogP contribution in [0.5, 0.6) is 0 Å². The molecule has 6 nitrogen and oxygen atoms in total. The normalized spacial score (nSPS) is 19.2. The zero-order valence-electron chi connectivity index (χ0n) is 11.1. The molecule has 2 amide bonds. The zero-order chi connectivity index (χ0) is 13.5. The molecule has 0 aromatic heterocycles. The summed E-state index contributed by atoms with van der Waals surface area (Å²) in [6.07, 6.45) is 3.00. The van der Waals surface area contributed by atoms with Crippen LogP contribution in [-0.2, 0) is 4.79 Å². The van der Waals surface area contributed by atoms with E-state index >= 15 is 0 Å². The van der Waals surface area contributed by atoms with Gasteiger partial charge in [-0.1, -0.05) is 6.92 Å². The van der Waals surface area contributed by atoms with Gasteiger partial charge in [0.25, 0.3) is 0 Å². The van der Waals surface area contributed by atoms with Gasteiger partial charge in [0, 0.05) is 19.1 Å². The maximum atomic E-state index is 11.5. The Labute approximate surface area is 108 Å². The number of hydrogen-bond acceptors (Lipinski definition) is 3. The second-order valence-corrected chi connectivity index (χ2v) is 4.79. The molecule has 1 aliphatic heterocycles. The number of carbonyl (C=O) groups excluding carboxylic acids is 1. The number of hydrogen-bond donors (Lipinski definition) is 3. The third-order valence-electron chi connectivity index (χ3n) is 3.18. The Morgan fingerprint density at radius 2 is 2.00 bits per heavy atom. The summed E-state index contributed by atoms with van der Waals surface area (Å²) >= 11 is 0. The smallest absolute Gasteiger partial charge is 0.325 e. The van der Waals surface area contributed by atoms with E-state index in [0.29, 0.717) is 0 Å². The van der Waals surface area contributed by atoms with Crippen LogP contribution in [0.2, 0.25) is 0 Å². The molecule has 0 aromatic carbocycles. The number of amides is 2. The van der Waals surface area contributed by atoms with Crippen LogP contribution in [0, 0.1) is 0 Å². The Morgan fingerprint density at radius 3 is 2.50 bits per heavy atom. The number of urea groups is 1. The molecule has 0 spiro atoms. The number of likely N-dealkylation sites (tertiary alicyclic amines) is 1. The lowest BCUT2D eigenvalue weighted by Gasteiger charge is -2.32. The Bertz CT molecular complexity index is 288. The first-order valence-corrected chi connectivity index (χ1v) is 6.55. The van der Waals surface area contributed by atoms with Gasteiger partial charge in [0.2, 0.25) is 0 Å². The van der Waals surface area contributed by atoms with Gasteiger partial charge in [-0.05, 0) is 32.7 Å². The van der Waals surface area contributed by atoms with E-state index in [9.17, 15) is 9.59 Å². The van der Waals surface area contributed by atoms with Gasteiger partial charge >= 0.3 is 12.0 Å². The second kappa shape index (κ2) is 7.20. The van der Waals surface area contributed by atoms with Crippen molar-refractivity contribution in [3.8, 4) is 0 Å². The highest BCUT2D eigenvalue weighted by Gasteiger charge is 2.21. The summed E-state index contributed by atoms with van der Waals surface area (Å²) in [5, 5.41) is 13.9. The molecule has 0 saturated carbocycles. The molecule has 1 rings (SSSR count). The van der Waals surface area contributed by atoms with Crippen molar-refractivity contribution >= 4 is 12.0 Å². The van der Waals surface area contributed by atoms with E-state index in [1.54, 1.807) is 0 Å². The molecule has 104 valence electrons. The third kappa shape index (κ3) is 4.91. The molecule has 1 atom stereocenters. The molecule has 0 aliphatic carbocycles. The minimum absolute atomic E-state index is 0.152. The lowest BCUT2D eigenvalue weighted by Crippen LogP contribution is -2.51. The van der Waals surface area contributed by atoms with Gasteiger partial charge in [0.15, 0.2) is 0 Å². The number of piperidine rings is 1. The summed E-state index contributed by atoms with van der Waals surface area (Å²) in [5.41, 5.74) is 0. The molecule has 1 saturated heterocycles. The van der Waals surface area contributed by atoms with Crippen molar-refractivity contribution in [3.05, 3.63) is 0 Å². The van der Waals surface area contributed by atoms with E-state index in [2.05, 4.69) is 22.5 Å². The molecule has 18 heavy (non-hydrogen) atoms. The predicted molar refractivity (Wildman–Crippen MR) is 68.5 cm³/mol. The van der Waals surface area contributed by atoms with Crippen molar-refractivity contribution < 1.29 is 14.7 Å². The van der Waals surface area contributed by atoms with Crippen LogP contribution in [-0.4, -0.2) is 53.7 Å². The SMILES string of the molecule is CCCN1CCC(NC(=O)N[C@@H](C)C(=O)O)CC1. The fourth-order valence-corrected chi connectivity index (χ4v) is 2.10. The van der Waals surface area contributed by atoms with Crippen molar-refractivity contribution in [3.63, 3.8) is 0 Å². The average Bonchev–Trinajstić information content (AvgIpc) is 2.31. The average molecular weight is 257 g/mol. The van der Waals surface area contributed by atoms with Crippen molar-refractivity contribution in [2.45, 2.75) is 45.2 Å². The number of nitrogens with one attached hydrogen (secondary N) is 2. The molecular weight excluding hydrogens is 234 g/mol. The van der Waals surface area contributed by atoms with Crippen LogP contribution in [0.1, 0.15) is 33.1 Å². The fourth-order valence-electron chi connectivity index (χ4n) is 2.10. The van der Waals surface area contributed by atoms with E-state index in [1.165, 1.54) is 6.92 Å². The van der Waals surface area contributed by atoms with E-state index in [4.69, 9.17) is 5.11 Å². The minimum atomic E-state index is -1.03. The second-order valence-electron chi connectivity index (χ2n) is 4.79. The summed E-state index contributed by atoms with van der Waals surface area (Å²) in [6.45, 7) is 6.70. The highest BCUT2D eigenvalue weighted by molar-refractivity contribution is 5.82. The molecule has 6 heteroatoms. The van der Waals surface area contributed by atoms with Crippen molar-refractivity contribution in [2.75, 3.05) is 19.6 Å². The summed E-state index contributed by atoms with van der Waals surface area (Å²) in [6, 6.07) is -1.09. The van der Waals surface area contributed by atoms with E-state index in [0.717, 1.165) is 38.9 Å². The number of aliphatic carboxylic acids is 1. The molecule has 1 aliphatic rings. The predicted octanol–water partition coefficient (Wildman–Crippen LogP) is 0.633. The summed E-state index contributed by atoms with van der Waals surface area (Å²) in [7, 11) is 0. The molecule has 0 aromatic rings. The third-order valence-corrected chi connectivity index (χ3v) is 3.18. The van der Waals surface area contributed by atoms with Crippen LogP contribution in [0.15, 0.2) is 0 Å². The first kappa shape index (κ1) is 14.8. The van der Waals surface area contributed by atoms with Gasteiger partial charge in [-0.25, -0.2) is 4.79 Å². The Kier molecular flexibility index (Phi) is 5.91. The first-order valence-electron chi connectivity index (χ1n) is 6.55. The van der Waals surface area contributed by atoms with Crippen LogP contribution in [0.25, 0.3) is 0 Å². The molecule has 0 unspecified atom stereocenters. The van der Waals surface area contributed by atoms with Crippen LogP contribution in [0.4, 0.5) is 4.79 Å². The van der Waals surface area contributed by atoms with Crippen LogP contribution >= 0.6 is 0 Å². The van der Waals surface area contributed by atoms with Gasteiger partial charge in [-0.3, -0.25) is 4.79 Å². The number of carboxylic acid groups (broad SMARTS) is 1. The van der Waals surface area contributed by atoms with Gasteiger partial charge in [-0.2, -0.15) is 0 Å². The monoisotopic (exact) mass is 257 g/mol. The summed E-state index contributed by atoms with van der Waals surface area (Å²) in [4.78, 5) is 24.5. The first-order chi connectivity index (χ1) is 8.52. The van der Waals surface area contributed by atoms with Crippen LogP contribution in [0.3, 0.4) is 0 Å². The largest absolute Gasteiger partial charge is 0.480 e. The van der Waals surface area contributed by atoms with Crippen molar-refractivity contribution in [2.24, 2.45) is 0 Å². The van der Waals surface area contributed by atoms with Crippen molar-refractivity contribution in [1.29, 1.82) is 0 Å². The highest BCUT2D eigenvalue weighted by Crippen LogP contribution is 2.10. The number of rotatable bonds is 5. The molecule has 1 fully saturated rings. The van der Waals surface area contributed by atoms with Crippen molar-refractivity contribution in [1.82, 2.24) is 15.5 Å². The van der Waals surface area contributed by atoms with E-state index in [1.807, 2.05) is 0 Å². The summed E-state index contributed by atoms with van der Waals surface area (Å²) < 4.78 is 0. The standard InChI is InChI=1S/C12H23N3O3/c1-3-6-15-7-4-10(5-8-15)14-12(18)13-9(2)11(16)17/h9-10H,3-8H2,1-2H3,(H,16,17)(H2,13,14,18)/t9-/m0/s1. The maximum Gasteiger partial charge on any atom is 0.325 e. The molecular formula is C12H23N3O3. The molecule has 0 bridgehead atoms.